The molecule has 0 saturated heterocycles. The number of nitrogens with one attached hydrogen (secondary N) is 1. The van der Waals surface area contributed by atoms with Gasteiger partial charge in [-0.25, -0.2) is 0 Å². The number of para-hydroxylation sites is 1. The van der Waals surface area contributed by atoms with E-state index in [1.165, 1.54) is 16.7 Å². The van der Waals surface area contributed by atoms with Crippen LogP contribution in [0.25, 0.3) is 0 Å². The van der Waals surface area contributed by atoms with E-state index >= 15 is 0 Å². The van der Waals surface area contributed by atoms with Crippen LogP contribution in [0, 0.1) is 0 Å². The molecule has 1 unspecified atom stereocenters. The number of aryl methyl sites for hydroxylation is 1. The summed E-state index contributed by atoms with van der Waals surface area (Å²) in [6.45, 7) is 3.83. The van der Waals surface area contributed by atoms with Crippen molar-refractivity contribution < 1.29 is 4.74 Å². The van der Waals surface area contributed by atoms with Crippen molar-refractivity contribution in [1.29, 1.82) is 0 Å². The fourth-order valence-corrected chi connectivity index (χ4v) is 2.64. The van der Waals surface area contributed by atoms with E-state index in [-0.39, 0.29) is 0 Å². The van der Waals surface area contributed by atoms with Gasteiger partial charge in [0, 0.05) is 12.1 Å². The fourth-order valence-electron chi connectivity index (χ4n) is 2.64. The maximum Gasteiger partial charge on any atom is 0.124 e. The second kappa shape index (κ2) is 5.45. The highest BCUT2D eigenvalue weighted by Crippen LogP contribution is 2.31. The molecule has 1 N–H and O–H groups in total. The minimum Gasteiger partial charge on any atom is -0.491 e. The lowest BCUT2D eigenvalue weighted by molar-refractivity contribution is 0.310. The van der Waals surface area contributed by atoms with Crippen LogP contribution in [-0.2, 0) is 13.0 Å². The number of hydrogen-bond donors (Lipinski definition) is 1. The second-order valence-corrected chi connectivity index (χ2v) is 4.90. The normalized spacial score (nSPS) is 17.0. The van der Waals surface area contributed by atoms with Gasteiger partial charge in [0.1, 0.15) is 12.4 Å². The first-order valence-electron chi connectivity index (χ1n) is 6.90. The molecule has 0 saturated carbocycles. The summed E-state index contributed by atoms with van der Waals surface area (Å²) in [5.41, 5.74) is 4.08. The zero-order chi connectivity index (χ0) is 13.1. The quantitative estimate of drug-likeness (QED) is 0.900. The summed E-state index contributed by atoms with van der Waals surface area (Å²) in [4.78, 5) is 0. The van der Waals surface area contributed by atoms with Gasteiger partial charge in [0.15, 0.2) is 0 Å². The van der Waals surface area contributed by atoms with Gasteiger partial charge in [-0.1, -0.05) is 49.4 Å². The third kappa shape index (κ3) is 2.49. The minimum atomic E-state index is 0.307. The molecule has 0 radical (unpaired) electrons. The highest BCUT2D eigenvalue weighted by molar-refractivity contribution is 5.39. The zero-order valence-corrected chi connectivity index (χ0v) is 11.2. The number of ether oxygens (including phenoxy) is 1. The molecule has 0 amide bonds. The van der Waals surface area contributed by atoms with Gasteiger partial charge in [-0.15, -0.1) is 0 Å². The molecule has 1 aliphatic heterocycles. The summed E-state index contributed by atoms with van der Waals surface area (Å²) in [5.74, 6) is 1.02. The van der Waals surface area contributed by atoms with Crippen LogP contribution in [-0.4, -0.2) is 6.61 Å². The molecular formula is C17H19NO. The molecule has 2 heteroatoms. The highest BCUT2D eigenvalue weighted by Gasteiger charge is 2.22. The van der Waals surface area contributed by atoms with Crippen molar-refractivity contribution in [1.82, 2.24) is 5.32 Å². The summed E-state index contributed by atoms with van der Waals surface area (Å²) < 4.78 is 5.69. The first kappa shape index (κ1) is 12.2. The molecule has 0 aromatic heterocycles. The van der Waals surface area contributed by atoms with E-state index in [9.17, 15) is 0 Å². The smallest absolute Gasteiger partial charge is 0.124 e. The molecule has 98 valence electrons. The lowest BCUT2D eigenvalue weighted by atomic mass is 10.0. The molecule has 19 heavy (non-hydrogen) atoms. The molecule has 2 aromatic rings. The molecule has 0 bridgehead atoms. The van der Waals surface area contributed by atoms with Crippen molar-refractivity contribution in [3.63, 3.8) is 0 Å². The van der Waals surface area contributed by atoms with Crippen LogP contribution in [0.5, 0.6) is 5.75 Å². The Balaban J connectivity index is 1.71. The fraction of sp³-hybridized carbons (Fsp3) is 0.294. The van der Waals surface area contributed by atoms with E-state index in [0.29, 0.717) is 6.04 Å². The molecule has 2 nitrogen and oxygen atoms in total. The van der Waals surface area contributed by atoms with Crippen LogP contribution in [0.2, 0.25) is 0 Å². The van der Waals surface area contributed by atoms with Crippen LogP contribution in [0.15, 0.2) is 48.5 Å². The summed E-state index contributed by atoms with van der Waals surface area (Å²) >= 11 is 0. The topological polar surface area (TPSA) is 21.3 Å². The van der Waals surface area contributed by atoms with Crippen LogP contribution in [0.1, 0.15) is 29.7 Å². The van der Waals surface area contributed by atoms with E-state index in [4.69, 9.17) is 4.74 Å². The van der Waals surface area contributed by atoms with Crippen LogP contribution in [0.4, 0.5) is 0 Å². The van der Waals surface area contributed by atoms with Gasteiger partial charge in [-0.2, -0.15) is 0 Å². The first-order valence-corrected chi connectivity index (χ1v) is 6.90. The van der Waals surface area contributed by atoms with Gasteiger partial charge in [-0.3, -0.25) is 0 Å². The molecular weight excluding hydrogens is 234 g/mol. The minimum absolute atomic E-state index is 0.307. The lowest BCUT2D eigenvalue weighted by Crippen LogP contribution is -2.22. The van der Waals surface area contributed by atoms with Crippen LogP contribution < -0.4 is 10.1 Å². The summed E-state index contributed by atoms with van der Waals surface area (Å²) in [6.07, 6.45) is 1.08. The molecule has 1 heterocycles. The van der Waals surface area contributed by atoms with E-state index in [1.54, 1.807) is 0 Å². The molecule has 3 rings (SSSR count). The Morgan fingerprint density at radius 3 is 2.63 bits per heavy atom. The highest BCUT2D eigenvalue weighted by atomic mass is 16.5. The van der Waals surface area contributed by atoms with Crippen molar-refractivity contribution >= 4 is 0 Å². The van der Waals surface area contributed by atoms with Crippen molar-refractivity contribution in [3.8, 4) is 5.75 Å². The van der Waals surface area contributed by atoms with Crippen LogP contribution in [0.3, 0.4) is 0 Å². The monoisotopic (exact) mass is 253 g/mol. The van der Waals surface area contributed by atoms with Gasteiger partial charge in [0.25, 0.3) is 0 Å². The third-order valence-corrected chi connectivity index (χ3v) is 3.74. The van der Waals surface area contributed by atoms with E-state index in [0.717, 1.165) is 25.3 Å². The standard InChI is InChI=1S/C17H19NO/c1-2-13-7-3-4-8-14(13)11-18-16-12-19-17-10-6-5-9-15(16)17/h3-10,16,18H,2,11-12H2,1H3. The molecule has 0 fully saturated rings. The van der Waals surface area contributed by atoms with Gasteiger partial charge in [-0.05, 0) is 23.6 Å². The average molecular weight is 253 g/mol. The number of hydrogen-bond acceptors (Lipinski definition) is 2. The van der Waals surface area contributed by atoms with Crippen LogP contribution >= 0.6 is 0 Å². The van der Waals surface area contributed by atoms with Gasteiger partial charge in [0.05, 0.1) is 6.04 Å². The van der Waals surface area contributed by atoms with Crippen molar-refractivity contribution in [2.75, 3.05) is 6.61 Å². The molecule has 0 aliphatic carbocycles. The Morgan fingerprint density at radius 2 is 1.79 bits per heavy atom. The molecule has 1 atom stereocenters. The van der Waals surface area contributed by atoms with Gasteiger partial charge < -0.3 is 10.1 Å². The van der Waals surface area contributed by atoms with Gasteiger partial charge in [0.2, 0.25) is 0 Å². The van der Waals surface area contributed by atoms with Crippen molar-refractivity contribution in [2.45, 2.75) is 25.9 Å². The third-order valence-electron chi connectivity index (χ3n) is 3.74. The lowest BCUT2D eigenvalue weighted by Gasteiger charge is -2.13. The Labute approximate surface area is 114 Å². The number of rotatable bonds is 4. The Bertz CT molecular complexity index is 565. The Hall–Kier alpha value is -1.80. The predicted molar refractivity (Wildman–Crippen MR) is 77.3 cm³/mol. The van der Waals surface area contributed by atoms with Gasteiger partial charge >= 0.3 is 0 Å². The second-order valence-electron chi connectivity index (χ2n) is 4.90. The van der Waals surface area contributed by atoms with E-state index in [1.807, 2.05) is 12.1 Å². The Morgan fingerprint density at radius 1 is 1.05 bits per heavy atom. The predicted octanol–water partition coefficient (Wildman–Crippen LogP) is 3.47. The zero-order valence-electron chi connectivity index (χ0n) is 11.2. The molecule has 2 aromatic carbocycles. The number of benzene rings is 2. The van der Waals surface area contributed by atoms with Crippen molar-refractivity contribution in [2.24, 2.45) is 0 Å². The average Bonchev–Trinajstić information content (AvgIpc) is 2.89. The van der Waals surface area contributed by atoms with Crippen molar-refractivity contribution in [3.05, 3.63) is 65.2 Å². The van der Waals surface area contributed by atoms with E-state index in [2.05, 4.69) is 48.6 Å². The molecule has 0 spiro atoms. The first-order chi connectivity index (χ1) is 9.38. The molecule has 1 aliphatic rings. The summed E-state index contributed by atoms with van der Waals surface area (Å²) in [6, 6.07) is 17.2. The summed E-state index contributed by atoms with van der Waals surface area (Å²) in [5, 5.41) is 3.60. The summed E-state index contributed by atoms with van der Waals surface area (Å²) in [7, 11) is 0. The maximum atomic E-state index is 5.69. The Kier molecular flexibility index (Phi) is 3.51. The largest absolute Gasteiger partial charge is 0.491 e. The number of fused-ring (bicyclic) bond motifs is 1. The SMILES string of the molecule is CCc1ccccc1CNC1COc2ccccc21. The van der Waals surface area contributed by atoms with E-state index < -0.39 is 0 Å². The maximum absolute atomic E-state index is 5.69.